The molecule has 0 aliphatic rings. The highest BCUT2D eigenvalue weighted by Gasteiger charge is 2.47. The Balaban J connectivity index is 1.79. The van der Waals surface area contributed by atoms with Crippen molar-refractivity contribution in [3.63, 3.8) is 0 Å². The lowest BCUT2D eigenvalue weighted by Gasteiger charge is -2.37. The van der Waals surface area contributed by atoms with Crippen LogP contribution in [-0.2, 0) is 23.7 Å². The number of carbonyl (C=O) groups excluding carboxylic acids is 4. The van der Waals surface area contributed by atoms with E-state index in [1.807, 2.05) is 0 Å². The molecule has 0 aromatic heterocycles. The minimum Gasteiger partial charge on any atom is -0.462 e. The summed E-state index contributed by atoms with van der Waals surface area (Å²) in [5, 5.41) is 11.3. The van der Waals surface area contributed by atoms with Gasteiger partial charge in [0.2, 0.25) is 6.29 Å². The molecule has 0 fully saturated rings. The lowest BCUT2D eigenvalue weighted by Crippen LogP contribution is -2.54. The van der Waals surface area contributed by atoms with Crippen molar-refractivity contribution in [2.75, 3.05) is 6.61 Å². The molecule has 49 heavy (non-hydrogen) atoms. The van der Waals surface area contributed by atoms with Gasteiger partial charge in [-0.2, -0.15) is 0 Å². The van der Waals surface area contributed by atoms with Gasteiger partial charge in [0.1, 0.15) is 6.10 Å². The van der Waals surface area contributed by atoms with Gasteiger partial charge < -0.3 is 28.8 Å². The molecular weight excluding hydrogens is 699 g/mol. The summed E-state index contributed by atoms with van der Waals surface area (Å²) in [4.78, 5) is 53.3. The molecule has 5 atom stereocenters. The predicted octanol–water partition coefficient (Wildman–Crippen LogP) is 6.82. The van der Waals surface area contributed by atoms with E-state index < -0.39 is 58.4 Å². The van der Waals surface area contributed by atoms with Crippen LogP contribution in [0.4, 0.5) is 0 Å². The fourth-order valence-electron chi connectivity index (χ4n) is 4.58. The number of rotatable bonds is 14. The van der Waals surface area contributed by atoms with Crippen LogP contribution in [0.1, 0.15) is 48.4 Å². The third-order valence-electron chi connectivity index (χ3n) is 6.99. The molecule has 256 valence electrons. The Labute approximate surface area is 297 Å². The Morgan fingerprint density at radius 2 is 0.878 bits per heavy atom. The first-order chi connectivity index (χ1) is 23.4. The van der Waals surface area contributed by atoms with Crippen LogP contribution in [0.2, 0.25) is 0 Å². The van der Waals surface area contributed by atoms with Crippen molar-refractivity contribution >= 4 is 58.7 Å². The number of benzene rings is 4. The second kappa shape index (κ2) is 17.8. The summed E-state index contributed by atoms with van der Waals surface area (Å²) in [5.41, 5.74) is 0.476. The van der Waals surface area contributed by atoms with E-state index >= 15 is 0 Å². The van der Waals surface area contributed by atoms with Gasteiger partial charge in [-0.15, -0.1) is 0 Å². The summed E-state index contributed by atoms with van der Waals surface area (Å²) >= 11 is 17.5. The molecule has 0 spiro atoms. The van der Waals surface area contributed by atoms with E-state index in [0.717, 1.165) is 0 Å². The van der Waals surface area contributed by atoms with Crippen molar-refractivity contribution in [3.8, 4) is 0 Å². The Kier molecular flexibility index (Phi) is 13.6. The molecule has 0 saturated carbocycles. The van der Waals surface area contributed by atoms with Crippen molar-refractivity contribution in [1.29, 1.82) is 0 Å². The molecule has 0 aliphatic carbocycles. The highest BCUT2D eigenvalue weighted by Crippen LogP contribution is 2.33. The summed E-state index contributed by atoms with van der Waals surface area (Å²) in [6, 6.07) is 31.4. The van der Waals surface area contributed by atoms with Gasteiger partial charge in [0.05, 0.1) is 28.9 Å². The number of alkyl halides is 3. The molecule has 0 amide bonds. The smallest absolute Gasteiger partial charge is 0.338 e. The standard InChI is InChI=1S/C36H31Cl3O10/c1-23(22-45-31(40)24-14-6-2-7-15-24)28(46-32(41)25-16-8-3-9-17-25)29(47-33(42)26-18-10-4-11-19-26)30(35(44)49-36(37,38)39)48-34(43)27-20-12-5-13-21-27/h2-21,23,28-30,35,44H,22H2,1H3. The zero-order valence-electron chi connectivity index (χ0n) is 25.9. The van der Waals surface area contributed by atoms with Gasteiger partial charge in [0.15, 0.2) is 12.2 Å². The van der Waals surface area contributed by atoms with Gasteiger partial charge in [-0.25, -0.2) is 19.2 Å². The first-order valence-corrected chi connectivity index (χ1v) is 16.0. The van der Waals surface area contributed by atoms with E-state index in [1.165, 1.54) is 43.3 Å². The average Bonchev–Trinajstić information content (AvgIpc) is 3.11. The molecule has 4 aromatic carbocycles. The number of esters is 4. The molecule has 0 aliphatic heterocycles. The second-order valence-corrected chi connectivity index (χ2v) is 12.8. The Morgan fingerprint density at radius 1 is 0.551 bits per heavy atom. The minimum atomic E-state index is -2.54. The first kappa shape index (κ1) is 37.4. The van der Waals surface area contributed by atoms with E-state index in [4.69, 9.17) is 58.5 Å². The van der Waals surface area contributed by atoms with Gasteiger partial charge in [-0.05, 0) is 48.5 Å². The number of aliphatic hydroxyl groups is 1. The minimum absolute atomic E-state index is 0.0457. The highest BCUT2D eigenvalue weighted by atomic mass is 35.6. The predicted molar refractivity (Wildman–Crippen MR) is 180 cm³/mol. The lowest BCUT2D eigenvalue weighted by atomic mass is 9.95. The largest absolute Gasteiger partial charge is 0.462 e. The van der Waals surface area contributed by atoms with Crippen molar-refractivity contribution in [2.45, 2.75) is 35.5 Å². The van der Waals surface area contributed by atoms with E-state index in [2.05, 4.69) is 0 Å². The maximum Gasteiger partial charge on any atom is 0.338 e. The average molecular weight is 730 g/mol. The zero-order valence-corrected chi connectivity index (χ0v) is 28.2. The SMILES string of the molecule is CC(COC(=O)c1ccccc1)C(OC(=O)c1ccccc1)C(OC(=O)c1ccccc1)C(OC(=O)c1ccccc1)C(O)OC(Cl)(Cl)Cl. The third-order valence-corrected chi connectivity index (χ3v) is 7.26. The van der Waals surface area contributed by atoms with Crippen molar-refractivity contribution in [1.82, 2.24) is 0 Å². The molecule has 4 rings (SSSR count). The number of carbonyl (C=O) groups is 4. The van der Waals surface area contributed by atoms with Crippen LogP contribution in [0.5, 0.6) is 0 Å². The van der Waals surface area contributed by atoms with E-state index in [0.29, 0.717) is 0 Å². The molecular formula is C36H31Cl3O10. The molecule has 0 saturated heterocycles. The summed E-state index contributed by atoms with van der Waals surface area (Å²) in [5.74, 6) is -4.49. The Morgan fingerprint density at radius 3 is 1.24 bits per heavy atom. The van der Waals surface area contributed by atoms with Crippen LogP contribution in [0.3, 0.4) is 0 Å². The zero-order chi connectivity index (χ0) is 35.4. The fourth-order valence-corrected chi connectivity index (χ4v) is 4.85. The highest BCUT2D eigenvalue weighted by molar-refractivity contribution is 6.66. The molecule has 0 bridgehead atoms. The van der Waals surface area contributed by atoms with Crippen LogP contribution >= 0.6 is 34.8 Å². The van der Waals surface area contributed by atoms with Gasteiger partial charge in [-0.1, -0.05) is 115 Å². The fraction of sp³-hybridized carbons (Fsp3) is 0.222. The first-order valence-electron chi connectivity index (χ1n) is 14.9. The number of hydrogen-bond acceptors (Lipinski definition) is 10. The van der Waals surface area contributed by atoms with E-state index in [9.17, 15) is 24.3 Å². The van der Waals surface area contributed by atoms with Crippen molar-refractivity contribution in [3.05, 3.63) is 144 Å². The second-order valence-electron chi connectivity index (χ2n) is 10.6. The normalized spacial score (nSPS) is 14.3. The number of hydrogen-bond donors (Lipinski definition) is 1. The summed E-state index contributed by atoms with van der Waals surface area (Å²) < 4.78 is 25.6. The monoisotopic (exact) mass is 728 g/mol. The molecule has 1 N–H and O–H groups in total. The molecule has 13 heteroatoms. The van der Waals surface area contributed by atoms with Gasteiger partial charge >= 0.3 is 23.9 Å². The Hall–Kier alpha value is -4.45. The van der Waals surface area contributed by atoms with Gasteiger partial charge in [0.25, 0.3) is 3.98 Å². The van der Waals surface area contributed by atoms with Crippen LogP contribution in [0.25, 0.3) is 0 Å². The molecule has 10 nitrogen and oxygen atoms in total. The molecule has 0 radical (unpaired) electrons. The van der Waals surface area contributed by atoms with Crippen molar-refractivity contribution < 1.29 is 48.0 Å². The van der Waals surface area contributed by atoms with Crippen molar-refractivity contribution in [2.24, 2.45) is 5.92 Å². The van der Waals surface area contributed by atoms with Gasteiger partial charge in [-0.3, -0.25) is 0 Å². The Bertz CT molecular complexity index is 1670. The maximum absolute atomic E-state index is 13.6. The lowest BCUT2D eigenvalue weighted by molar-refractivity contribution is -0.210. The van der Waals surface area contributed by atoms with E-state index in [-0.39, 0.29) is 28.9 Å². The quantitative estimate of drug-likeness (QED) is 0.0638. The number of halogens is 3. The van der Waals surface area contributed by atoms with Crippen LogP contribution in [0.15, 0.2) is 121 Å². The molecule has 4 aromatic rings. The third kappa shape index (κ3) is 11.3. The van der Waals surface area contributed by atoms with Gasteiger partial charge in [0, 0.05) is 5.92 Å². The summed E-state index contributed by atoms with van der Waals surface area (Å²) in [6.07, 6.45) is -7.69. The molecule has 0 heterocycles. The number of ether oxygens (including phenoxy) is 5. The number of aliphatic hydroxyl groups excluding tert-OH is 1. The maximum atomic E-state index is 13.6. The van der Waals surface area contributed by atoms with Crippen LogP contribution < -0.4 is 0 Å². The summed E-state index contributed by atoms with van der Waals surface area (Å²) in [6.45, 7) is 1.14. The summed E-state index contributed by atoms with van der Waals surface area (Å²) in [7, 11) is 0. The topological polar surface area (TPSA) is 135 Å². The molecule has 5 unspecified atom stereocenters. The van der Waals surface area contributed by atoms with Crippen LogP contribution in [0, 0.1) is 5.92 Å². The van der Waals surface area contributed by atoms with Crippen LogP contribution in [-0.4, -0.2) is 64.2 Å². The van der Waals surface area contributed by atoms with E-state index in [1.54, 1.807) is 84.9 Å².